The molecule has 2 N–H and O–H groups in total. The second kappa shape index (κ2) is 8.55. The minimum absolute atomic E-state index is 0. The van der Waals surface area contributed by atoms with Crippen LogP contribution in [0.3, 0.4) is 0 Å². The third-order valence-electron chi connectivity index (χ3n) is 3.59. The van der Waals surface area contributed by atoms with E-state index in [9.17, 15) is 14.9 Å². The van der Waals surface area contributed by atoms with E-state index in [1.54, 1.807) is 12.1 Å². The molecular formula is C14H20ClN3O4. The Hall–Kier alpha value is -1.86. The predicted octanol–water partition coefficient (Wildman–Crippen LogP) is 1.51. The Balaban J connectivity index is 0.00000242. The molecule has 0 radical (unpaired) electrons. The van der Waals surface area contributed by atoms with Crippen molar-refractivity contribution in [2.75, 3.05) is 19.7 Å². The van der Waals surface area contributed by atoms with Crippen molar-refractivity contribution in [3.8, 4) is 5.75 Å². The van der Waals surface area contributed by atoms with Crippen molar-refractivity contribution in [3.63, 3.8) is 0 Å². The van der Waals surface area contributed by atoms with Crippen LogP contribution in [0.2, 0.25) is 0 Å². The first-order valence-electron chi connectivity index (χ1n) is 6.94. The number of carbonyl (C=O) groups is 1. The molecule has 0 saturated carbocycles. The lowest BCUT2D eigenvalue weighted by molar-refractivity contribution is -0.385. The number of nitrogens with zero attached hydrogens (tertiary/aromatic N) is 1. The van der Waals surface area contributed by atoms with E-state index in [0.29, 0.717) is 5.92 Å². The Morgan fingerprint density at radius 2 is 2.23 bits per heavy atom. The summed E-state index contributed by atoms with van der Waals surface area (Å²) in [5.41, 5.74) is -0.141. The number of hydrogen-bond donors (Lipinski definition) is 2. The molecule has 7 nitrogen and oxygen atoms in total. The number of amides is 1. The van der Waals surface area contributed by atoms with Gasteiger partial charge in [0.2, 0.25) is 0 Å². The van der Waals surface area contributed by atoms with Crippen LogP contribution < -0.4 is 15.4 Å². The zero-order chi connectivity index (χ0) is 15.2. The number of rotatable bonds is 5. The average molecular weight is 330 g/mol. The van der Waals surface area contributed by atoms with Gasteiger partial charge in [-0.05, 0) is 24.9 Å². The molecule has 0 spiro atoms. The number of nitro groups is 1. The van der Waals surface area contributed by atoms with Crippen molar-refractivity contribution in [1.29, 1.82) is 0 Å². The Kier molecular flexibility index (Phi) is 7.07. The van der Waals surface area contributed by atoms with E-state index in [1.165, 1.54) is 12.1 Å². The van der Waals surface area contributed by atoms with Gasteiger partial charge in [-0.2, -0.15) is 0 Å². The molecule has 122 valence electrons. The first-order chi connectivity index (χ1) is 10.1. The maximum Gasteiger partial charge on any atom is 0.310 e. The number of benzene rings is 1. The quantitative estimate of drug-likeness (QED) is 0.631. The highest BCUT2D eigenvalue weighted by molar-refractivity contribution is 5.85. The van der Waals surface area contributed by atoms with Crippen molar-refractivity contribution in [2.45, 2.75) is 19.4 Å². The van der Waals surface area contributed by atoms with E-state index in [4.69, 9.17) is 4.74 Å². The van der Waals surface area contributed by atoms with E-state index in [2.05, 4.69) is 17.6 Å². The van der Waals surface area contributed by atoms with Gasteiger partial charge in [0, 0.05) is 18.7 Å². The molecule has 1 heterocycles. The van der Waals surface area contributed by atoms with Gasteiger partial charge in [-0.15, -0.1) is 12.4 Å². The lowest BCUT2D eigenvalue weighted by Gasteiger charge is -2.30. The van der Waals surface area contributed by atoms with Gasteiger partial charge in [0.1, 0.15) is 0 Å². The fraction of sp³-hybridized carbons (Fsp3) is 0.500. The van der Waals surface area contributed by atoms with Gasteiger partial charge in [0.15, 0.2) is 12.4 Å². The molecule has 1 amide bonds. The molecule has 1 aromatic carbocycles. The summed E-state index contributed by atoms with van der Waals surface area (Å²) in [7, 11) is 0. The second-order valence-electron chi connectivity index (χ2n) is 5.16. The zero-order valence-corrected chi connectivity index (χ0v) is 13.1. The van der Waals surface area contributed by atoms with Gasteiger partial charge in [-0.25, -0.2) is 0 Å². The highest BCUT2D eigenvalue weighted by Crippen LogP contribution is 2.25. The molecule has 8 heteroatoms. The molecule has 1 saturated heterocycles. The summed E-state index contributed by atoms with van der Waals surface area (Å²) in [4.78, 5) is 22.2. The molecule has 1 fully saturated rings. The van der Waals surface area contributed by atoms with E-state index in [0.717, 1.165) is 19.5 Å². The number of piperidine rings is 1. The fourth-order valence-electron chi connectivity index (χ4n) is 2.30. The standard InChI is InChI=1S/C14H19N3O4.ClH/c1-10-6-7-15-8-11(10)16-14(18)9-21-13-5-3-2-4-12(13)17(19)20;/h2-5,10-11,15H,6-9H2,1H3,(H,16,18);1H. The first kappa shape index (κ1) is 18.2. The van der Waals surface area contributed by atoms with Crippen LogP contribution in [0.4, 0.5) is 5.69 Å². The van der Waals surface area contributed by atoms with Crippen molar-refractivity contribution in [1.82, 2.24) is 10.6 Å². The van der Waals surface area contributed by atoms with Gasteiger partial charge in [-0.1, -0.05) is 19.1 Å². The number of nitrogens with one attached hydrogen (secondary N) is 2. The summed E-state index contributed by atoms with van der Waals surface area (Å²) in [6.07, 6.45) is 1.01. The minimum atomic E-state index is -0.527. The summed E-state index contributed by atoms with van der Waals surface area (Å²) in [5.74, 6) is 0.238. The molecule has 0 aromatic heterocycles. The highest BCUT2D eigenvalue weighted by Gasteiger charge is 2.23. The van der Waals surface area contributed by atoms with E-state index in [-0.39, 0.29) is 42.4 Å². The lowest BCUT2D eigenvalue weighted by Crippen LogP contribution is -2.51. The monoisotopic (exact) mass is 329 g/mol. The number of para-hydroxylation sites is 2. The van der Waals surface area contributed by atoms with Crippen LogP contribution >= 0.6 is 12.4 Å². The molecule has 2 atom stereocenters. The maximum atomic E-state index is 11.9. The number of halogens is 1. The van der Waals surface area contributed by atoms with Crippen LogP contribution in [0.1, 0.15) is 13.3 Å². The largest absolute Gasteiger partial charge is 0.477 e. The van der Waals surface area contributed by atoms with Gasteiger partial charge in [-0.3, -0.25) is 14.9 Å². The molecule has 1 aromatic rings. The topological polar surface area (TPSA) is 93.5 Å². The average Bonchev–Trinajstić information content (AvgIpc) is 2.48. The maximum absolute atomic E-state index is 11.9. The van der Waals surface area contributed by atoms with E-state index in [1.807, 2.05) is 0 Å². The Morgan fingerprint density at radius 1 is 1.50 bits per heavy atom. The fourth-order valence-corrected chi connectivity index (χ4v) is 2.30. The van der Waals surface area contributed by atoms with E-state index >= 15 is 0 Å². The van der Waals surface area contributed by atoms with Gasteiger partial charge in [0.05, 0.1) is 4.92 Å². The predicted molar refractivity (Wildman–Crippen MR) is 84.4 cm³/mol. The van der Waals surface area contributed by atoms with E-state index < -0.39 is 4.92 Å². The summed E-state index contributed by atoms with van der Waals surface area (Å²) < 4.78 is 5.26. The third-order valence-corrected chi connectivity index (χ3v) is 3.59. The van der Waals surface area contributed by atoms with Gasteiger partial charge >= 0.3 is 5.69 Å². The molecular weight excluding hydrogens is 310 g/mol. The normalized spacial score (nSPS) is 20.6. The SMILES string of the molecule is CC1CCNCC1NC(=O)COc1ccccc1[N+](=O)[O-].Cl. The van der Waals surface area contributed by atoms with Crippen LogP contribution in [-0.4, -0.2) is 36.6 Å². The number of ether oxygens (including phenoxy) is 1. The summed E-state index contributed by atoms with van der Waals surface area (Å²) in [5, 5.41) is 17.0. The van der Waals surface area contributed by atoms with Crippen molar-refractivity contribution >= 4 is 24.0 Å². The molecule has 2 rings (SSSR count). The summed E-state index contributed by atoms with van der Waals surface area (Å²) >= 11 is 0. The summed E-state index contributed by atoms with van der Waals surface area (Å²) in [6.45, 7) is 3.56. The molecule has 1 aliphatic heterocycles. The summed E-state index contributed by atoms with van der Waals surface area (Å²) in [6, 6.07) is 6.09. The minimum Gasteiger partial charge on any atom is -0.477 e. The molecule has 0 bridgehead atoms. The van der Waals surface area contributed by atoms with Gasteiger partial charge in [0.25, 0.3) is 5.91 Å². The molecule has 1 aliphatic rings. The lowest BCUT2D eigenvalue weighted by atomic mass is 9.95. The molecule has 2 unspecified atom stereocenters. The van der Waals surface area contributed by atoms with Crippen molar-refractivity contribution in [2.24, 2.45) is 5.92 Å². The highest BCUT2D eigenvalue weighted by atomic mass is 35.5. The van der Waals surface area contributed by atoms with Crippen LogP contribution in [0.15, 0.2) is 24.3 Å². The van der Waals surface area contributed by atoms with Crippen LogP contribution in [-0.2, 0) is 4.79 Å². The van der Waals surface area contributed by atoms with Gasteiger partial charge < -0.3 is 15.4 Å². The van der Waals surface area contributed by atoms with Crippen LogP contribution in [0, 0.1) is 16.0 Å². The molecule has 22 heavy (non-hydrogen) atoms. The van der Waals surface area contributed by atoms with Crippen LogP contribution in [0.5, 0.6) is 5.75 Å². The molecule has 0 aliphatic carbocycles. The first-order valence-corrected chi connectivity index (χ1v) is 6.94. The number of nitro benzene ring substituents is 1. The number of hydrogen-bond acceptors (Lipinski definition) is 5. The van der Waals surface area contributed by atoms with Crippen molar-refractivity contribution in [3.05, 3.63) is 34.4 Å². The van der Waals surface area contributed by atoms with Crippen molar-refractivity contribution < 1.29 is 14.5 Å². The van der Waals surface area contributed by atoms with Crippen LogP contribution in [0.25, 0.3) is 0 Å². The second-order valence-corrected chi connectivity index (χ2v) is 5.16. The third kappa shape index (κ3) is 4.85. The smallest absolute Gasteiger partial charge is 0.310 e. The Labute approximate surface area is 135 Å². The zero-order valence-electron chi connectivity index (χ0n) is 12.3. The number of carbonyl (C=O) groups excluding carboxylic acids is 1. The Bertz CT molecular complexity index is 527. The Morgan fingerprint density at radius 3 is 2.91 bits per heavy atom.